The van der Waals surface area contributed by atoms with E-state index in [1.54, 1.807) is 12.1 Å². The number of benzene rings is 1. The van der Waals surface area contributed by atoms with Crippen LogP contribution in [0.4, 0.5) is 0 Å². The predicted octanol–water partition coefficient (Wildman–Crippen LogP) is 2.13. The van der Waals surface area contributed by atoms with E-state index in [-0.39, 0.29) is 16.8 Å². The maximum Gasteiger partial charge on any atom is 0.115 e. The Morgan fingerprint density at radius 3 is 2.46 bits per heavy atom. The zero-order valence-electron chi connectivity index (χ0n) is 7.03. The van der Waals surface area contributed by atoms with Gasteiger partial charge in [-0.2, -0.15) is 0 Å². The van der Waals surface area contributed by atoms with Crippen LogP contribution < -0.4 is 0 Å². The minimum atomic E-state index is 0. The molecule has 0 amide bonds. The van der Waals surface area contributed by atoms with Crippen molar-refractivity contribution in [2.45, 2.75) is 12.8 Å². The molecule has 1 aliphatic rings. The van der Waals surface area contributed by atoms with Gasteiger partial charge in [0.1, 0.15) is 5.75 Å². The summed E-state index contributed by atoms with van der Waals surface area (Å²) in [6.07, 6.45) is 2.06. The average molecular weight is 219 g/mol. The Morgan fingerprint density at radius 2 is 1.92 bits per heavy atom. The second kappa shape index (κ2) is 4.34. The first kappa shape index (κ1) is 10.1. The van der Waals surface area contributed by atoms with Gasteiger partial charge in [0.05, 0.1) is 0 Å². The van der Waals surface area contributed by atoms with Crippen molar-refractivity contribution in [3.8, 4) is 5.75 Å². The van der Waals surface area contributed by atoms with Gasteiger partial charge < -0.3 is 10.1 Å². The number of hydrogen-bond donors (Lipinski definition) is 1. The normalized spacial score (nSPS) is 14.3. The molecule has 0 bridgehead atoms. The second-order valence-corrected chi connectivity index (χ2v) is 2.84. The van der Waals surface area contributed by atoms with Crippen LogP contribution in [0.2, 0.25) is 0 Å². The molecule has 1 heterocycles. The summed E-state index contributed by atoms with van der Waals surface area (Å²) in [5, 5.41) is 9.05. The molecule has 0 aromatic heterocycles. The van der Waals surface area contributed by atoms with Crippen molar-refractivity contribution < 1.29 is 21.9 Å². The third-order valence-electron chi connectivity index (χ3n) is 1.96. The van der Waals surface area contributed by atoms with Crippen LogP contribution in [0.15, 0.2) is 29.3 Å². The third kappa shape index (κ3) is 2.26. The Hall–Kier alpha value is -0.934. The molecule has 1 N–H and O–H groups in total. The van der Waals surface area contributed by atoms with Crippen LogP contribution in [0.3, 0.4) is 0 Å². The number of nitrogens with zero attached hydrogens (tertiary/aromatic N) is 1. The molecule has 1 aromatic rings. The van der Waals surface area contributed by atoms with E-state index in [2.05, 4.69) is 4.99 Å². The number of hydrogen-bond acceptors (Lipinski definition) is 2. The predicted molar refractivity (Wildman–Crippen MR) is 48.2 cm³/mol. The number of aromatic hydroxyl groups is 1. The van der Waals surface area contributed by atoms with Crippen LogP contribution >= 0.6 is 0 Å². The van der Waals surface area contributed by atoms with Crippen molar-refractivity contribution in [1.82, 2.24) is 0 Å². The van der Waals surface area contributed by atoms with Gasteiger partial charge >= 0.3 is 0 Å². The van der Waals surface area contributed by atoms with Gasteiger partial charge in [-0.1, -0.05) is 30.5 Å². The number of rotatable bonds is 1. The van der Waals surface area contributed by atoms with Crippen LogP contribution in [-0.4, -0.2) is 10.8 Å². The van der Waals surface area contributed by atoms with E-state index in [0.717, 1.165) is 24.1 Å². The van der Waals surface area contributed by atoms with Crippen molar-refractivity contribution in [2.24, 2.45) is 4.99 Å². The molecule has 0 aliphatic carbocycles. The molecule has 0 unspecified atom stereocenters. The molecule has 0 atom stereocenters. The summed E-state index contributed by atoms with van der Waals surface area (Å²) in [6, 6.07) is 7.17. The average Bonchev–Trinajstić information content (AvgIpc) is 2.58. The van der Waals surface area contributed by atoms with Crippen LogP contribution in [0.1, 0.15) is 18.4 Å². The maximum atomic E-state index is 9.05. The van der Waals surface area contributed by atoms with Gasteiger partial charge in [-0.15, -0.1) is 12.3 Å². The van der Waals surface area contributed by atoms with Gasteiger partial charge in [0.25, 0.3) is 0 Å². The molecule has 1 aliphatic heterocycles. The van der Waals surface area contributed by atoms with Crippen molar-refractivity contribution in [1.29, 1.82) is 0 Å². The SMILES string of the molecule is Oc1ccc(C2=N[CH-]CC2)cc1.[Co]. The van der Waals surface area contributed by atoms with Crippen LogP contribution in [0, 0.1) is 6.54 Å². The molecule has 2 rings (SSSR count). The van der Waals surface area contributed by atoms with E-state index in [1.807, 2.05) is 18.7 Å². The van der Waals surface area contributed by atoms with E-state index in [9.17, 15) is 0 Å². The molecule has 2 nitrogen and oxygen atoms in total. The molecular formula is C10H10CoNO-. The van der Waals surface area contributed by atoms with Gasteiger partial charge in [-0.3, -0.25) is 0 Å². The quantitative estimate of drug-likeness (QED) is 0.721. The molecular weight excluding hydrogens is 209 g/mol. The van der Waals surface area contributed by atoms with Crippen molar-refractivity contribution in [3.05, 3.63) is 36.4 Å². The van der Waals surface area contributed by atoms with E-state index >= 15 is 0 Å². The minimum Gasteiger partial charge on any atom is -0.508 e. The van der Waals surface area contributed by atoms with E-state index < -0.39 is 0 Å². The van der Waals surface area contributed by atoms with Crippen LogP contribution in [0.25, 0.3) is 0 Å². The smallest absolute Gasteiger partial charge is 0.115 e. The number of aliphatic imine (C=N–C) groups is 1. The third-order valence-corrected chi connectivity index (χ3v) is 1.96. The largest absolute Gasteiger partial charge is 0.508 e. The maximum absolute atomic E-state index is 9.05. The fraction of sp³-hybridized carbons (Fsp3) is 0.200. The van der Waals surface area contributed by atoms with Gasteiger partial charge in [-0.05, 0) is 12.1 Å². The van der Waals surface area contributed by atoms with Gasteiger partial charge in [0, 0.05) is 16.8 Å². The van der Waals surface area contributed by atoms with Crippen molar-refractivity contribution in [2.75, 3.05) is 0 Å². The molecule has 71 valence electrons. The van der Waals surface area contributed by atoms with Crippen molar-refractivity contribution in [3.63, 3.8) is 0 Å². The van der Waals surface area contributed by atoms with Gasteiger partial charge in [0.2, 0.25) is 0 Å². The Morgan fingerprint density at radius 1 is 1.23 bits per heavy atom. The molecule has 0 saturated heterocycles. The molecule has 0 spiro atoms. The monoisotopic (exact) mass is 219 g/mol. The molecule has 1 aromatic carbocycles. The molecule has 0 fully saturated rings. The number of phenolic OH excluding ortho intramolecular Hbond substituents is 1. The van der Waals surface area contributed by atoms with E-state index in [1.165, 1.54) is 0 Å². The Balaban J connectivity index is 0.000000845. The summed E-state index contributed by atoms with van der Waals surface area (Å²) in [5.41, 5.74) is 2.23. The topological polar surface area (TPSA) is 32.6 Å². The fourth-order valence-corrected chi connectivity index (χ4v) is 1.31. The first-order valence-corrected chi connectivity index (χ1v) is 4.04. The summed E-state index contributed by atoms with van der Waals surface area (Å²) in [4.78, 5) is 4.25. The zero-order chi connectivity index (χ0) is 8.39. The Kier molecular flexibility index (Phi) is 3.39. The van der Waals surface area contributed by atoms with E-state index in [0.29, 0.717) is 5.75 Å². The second-order valence-electron chi connectivity index (χ2n) is 2.84. The molecule has 3 heteroatoms. The first-order chi connectivity index (χ1) is 5.86. The van der Waals surface area contributed by atoms with Crippen LogP contribution in [0.5, 0.6) is 5.75 Å². The van der Waals surface area contributed by atoms with E-state index in [4.69, 9.17) is 5.11 Å². The number of phenols is 1. The van der Waals surface area contributed by atoms with Crippen molar-refractivity contribution >= 4 is 5.71 Å². The molecule has 0 saturated carbocycles. The van der Waals surface area contributed by atoms with Gasteiger partial charge in [0.15, 0.2) is 0 Å². The van der Waals surface area contributed by atoms with Crippen LogP contribution in [-0.2, 0) is 16.8 Å². The summed E-state index contributed by atoms with van der Waals surface area (Å²) >= 11 is 0. The first-order valence-electron chi connectivity index (χ1n) is 4.04. The standard InChI is InChI=1S/C10H10NO.Co/c12-9-5-3-8(4-6-9)10-2-1-7-11-10;/h3-7,12H,1-2H2;/q-1;. The fourth-order valence-electron chi connectivity index (χ4n) is 1.31. The summed E-state index contributed by atoms with van der Waals surface area (Å²) in [7, 11) is 0. The van der Waals surface area contributed by atoms with Gasteiger partial charge in [-0.25, -0.2) is 0 Å². The Bertz CT molecular complexity index is 305. The summed E-state index contributed by atoms with van der Waals surface area (Å²) in [6.45, 7) is 1.93. The molecule has 1 radical (unpaired) electrons. The summed E-state index contributed by atoms with van der Waals surface area (Å²) < 4.78 is 0. The zero-order valence-corrected chi connectivity index (χ0v) is 8.07. The minimum absolute atomic E-state index is 0. The molecule has 13 heavy (non-hydrogen) atoms. The summed E-state index contributed by atoms with van der Waals surface area (Å²) in [5.74, 6) is 0.307. The Labute approximate surface area is 87.9 Å².